The lowest BCUT2D eigenvalue weighted by molar-refractivity contribution is -0.121. The average molecular weight is 220 g/mol. The molecule has 0 bridgehead atoms. The summed E-state index contributed by atoms with van der Waals surface area (Å²) in [7, 11) is -3.29. The van der Waals surface area contributed by atoms with Crippen LogP contribution in [0.25, 0.3) is 0 Å². The molecule has 5 nitrogen and oxygen atoms in total. The number of hydrogen-bond donors (Lipinski definition) is 2. The van der Waals surface area contributed by atoms with Crippen LogP contribution < -0.4 is 11.1 Å². The first-order valence-corrected chi connectivity index (χ1v) is 6.51. The fourth-order valence-electron chi connectivity index (χ4n) is 1.29. The maximum atomic E-state index is 11.4. The van der Waals surface area contributed by atoms with E-state index in [9.17, 15) is 13.2 Å². The summed E-state index contributed by atoms with van der Waals surface area (Å²) in [6.45, 7) is 1.39. The highest BCUT2D eigenvalue weighted by Crippen LogP contribution is 2.17. The Kier molecular flexibility index (Phi) is 3.16. The number of sulfone groups is 1. The molecule has 0 aromatic rings. The van der Waals surface area contributed by atoms with Gasteiger partial charge in [0.2, 0.25) is 5.91 Å². The minimum Gasteiger partial charge on any atom is -0.352 e. The lowest BCUT2D eigenvalue weighted by Crippen LogP contribution is -2.53. The molecule has 0 radical (unpaired) electrons. The Morgan fingerprint density at radius 1 is 1.50 bits per heavy atom. The van der Waals surface area contributed by atoms with Gasteiger partial charge in [0.1, 0.15) is 5.25 Å². The molecule has 1 aliphatic carbocycles. The van der Waals surface area contributed by atoms with Crippen molar-refractivity contribution in [2.24, 2.45) is 5.73 Å². The highest BCUT2D eigenvalue weighted by Gasteiger charge is 2.31. The molecular formula is C8H16N2O3S. The summed E-state index contributed by atoms with van der Waals surface area (Å²) in [5.41, 5.74) is 5.54. The van der Waals surface area contributed by atoms with Gasteiger partial charge < -0.3 is 11.1 Å². The van der Waals surface area contributed by atoms with Crippen molar-refractivity contribution in [1.29, 1.82) is 0 Å². The van der Waals surface area contributed by atoms with Crippen LogP contribution in [0.15, 0.2) is 0 Å². The first-order valence-electron chi connectivity index (χ1n) is 4.55. The van der Waals surface area contributed by atoms with Gasteiger partial charge in [-0.2, -0.15) is 0 Å². The third-order valence-corrected chi connectivity index (χ3v) is 4.03. The first-order chi connectivity index (χ1) is 6.30. The Morgan fingerprint density at radius 3 is 2.36 bits per heavy atom. The van der Waals surface area contributed by atoms with Gasteiger partial charge >= 0.3 is 0 Å². The Balaban J connectivity index is 2.43. The molecule has 0 saturated heterocycles. The normalized spacial score (nSPS) is 29.1. The molecule has 1 atom stereocenters. The van der Waals surface area contributed by atoms with Crippen LogP contribution >= 0.6 is 0 Å². The molecule has 0 spiro atoms. The molecule has 6 heteroatoms. The average Bonchev–Trinajstić information content (AvgIpc) is 1.98. The lowest BCUT2D eigenvalue weighted by atomic mass is 9.87. The predicted octanol–water partition coefficient (Wildman–Crippen LogP) is -0.975. The van der Waals surface area contributed by atoms with Crippen LogP contribution in [0.4, 0.5) is 0 Å². The second-order valence-electron chi connectivity index (χ2n) is 3.91. The van der Waals surface area contributed by atoms with Crippen molar-refractivity contribution in [3.63, 3.8) is 0 Å². The highest BCUT2D eigenvalue weighted by atomic mass is 32.2. The van der Waals surface area contributed by atoms with Crippen molar-refractivity contribution < 1.29 is 13.2 Å². The largest absolute Gasteiger partial charge is 0.352 e. The number of carbonyl (C=O) groups is 1. The van der Waals surface area contributed by atoms with Gasteiger partial charge in [0.25, 0.3) is 0 Å². The summed E-state index contributed by atoms with van der Waals surface area (Å²) in [4.78, 5) is 11.4. The maximum Gasteiger partial charge on any atom is 0.238 e. The second-order valence-corrected chi connectivity index (χ2v) is 6.27. The van der Waals surface area contributed by atoms with Crippen molar-refractivity contribution in [2.75, 3.05) is 6.26 Å². The fraction of sp³-hybridized carbons (Fsp3) is 0.875. The van der Waals surface area contributed by atoms with Crippen LogP contribution in [0, 0.1) is 0 Å². The fourth-order valence-corrected chi connectivity index (χ4v) is 1.75. The van der Waals surface area contributed by atoms with E-state index in [4.69, 9.17) is 5.73 Å². The van der Waals surface area contributed by atoms with Gasteiger partial charge in [-0.05, 0) is 19.8 Å². The molecule has 0 aromatic carbocycles. The van der Waals surface area contributed by atoms with Gasteiger partial charge in [-0.15, -0.1) is 0 Å². The molecule has 0 aliphatic heterocycles. The van der Waals surface area contributed by atoms with Gasteiger partial charge in [0.05, 0.1) is 0 Å². The Morgan fingerprint density at radius 2 is 2.00 bits per heavy atom. The molecule has 82 valence electrons. The van der Waals surface area contributed by atoms with Crippen molar-refractivity contribution >= 4 is 15.7 Å². The lowest BCUT2D eigenvalue weighted by Gasteiger charge is -2.33. The maximum absolute atomic E-state index is 11.4. The summed E-state index contributed by atoms with van der Waals surface area (Å²) < 4.78 is 22.1. The Bertz CT molecular complexity index is 319. The quantitative estimate of drug-likeness (QED) is 0.640. The summed E-state index contributed by atoms with van der Waals surface area (Å²) in [6, 6.07) is 0.204. The third kappa shape index (κ3) is 2.68. The van der Waals surface area contributed by atoms with Gasteiger partial charge in [-0.25, -0.2) is 8.42 Å². The molecule has 1 fully saturated rings. The predicted molar refractivity (Wildman–Crippen MR) is 53.4 cm³/mol. The minimum atomic E-state index is -3.29. The van der Waals surface area contributed by atoms with E-state index in [1.54, 1.807) is 0 Å². The number of rotatable bonds is 3. The number of carbonyl (C=O) groups excluding carboxylic acids is 1. The summed E-state index contributed by atoms with van der Waals surface area (Å²) in [5, 5.41) is 1.68. The van der Waals surface area contributed by atoms with Crippen LogP contribution in [0.2, 0.25) is 0 Å². The zero-order valence-electron chi connectivity index (χ0n) is 8.36. The van der Waals surface area contributed by atoms with Crippen LogP contribution in [-0.2, 0) is 14.6 Å². The molecule has 1 unspecified atom stereocenters. The summed E-state index contributed by atoms with van der Waals surface area (Å²) >= 11 is 0. The molecule has 0 aromatic heterocycles. The van der Waals surface area contributed by atoms with Crippen molar-refractivity contribution in [3.8, 4) is 0 Å². The topological polar surface area (TPSA) is 89.3 Å². The van der Waals surface area contributed by atoms with E-state index in [2.05, 4.69) is 5.32 Å². The van der Waals surface area contributed by atoms with Crippen LogP contribution in [0.1, 0.15) is 19.8 Å². The van der Waals surface area contributed by atoms with Crippen molar-refractivity contribution in [1.82, 2.24) is 5.32 Å². The molecule has 1 aliphatic rings. The van der Waals surface area contributed by atoms with E-state index < -0.39 is 21.0 Å². The summed E-state index contributed by atoms with van der Waals surface area (Å²) in [5.74, 6) is -0.426. The summed E-state index contributed by atoms with van der Waals surface area (Å²) in [6.07, 6.45) is 2.54. The number of nitrogens with two attached hydrogens (primary N) is 1. The van der Waals surface area contributed by atoms with E-state index >= 15 is 0 Å². The van der Waals surface area contributed by atoms with Gasteiger partial charge in [0.15, 0.2) is 9.84 Å². The van der Waals surface area contributed by atoms with E-state index in [-0.39, 0.29) is 12.1 Å². The third-order valence-electron chi connectivity index (χ3n) is 2.53. The van der Waals surface area contributed by atoms with E-state index in [1.807, 2.05) is 0 Å². The molecule has 14 heavy (non-hydrogen) atoms. The molecular weight excluding hydrogens is 204 g/mol. The van der Waals surface area contributed by atoms with E-state index in [1.165, 1.54) is 6.92 Å². The van der Waals surface area contributed by atoms with Crippen LogP contribution in [-0.4, -0.2) is 37.9 Å². The van der Waals surface area contributed by atoms with E-state index in [0.717, 1.165) is 19.1 Å². The van der Waals surface area contributed by atoms with Gasteiger partial charge in [-0.1, -0.05) is 0 Å². The van der Waals surface area contributed by atoms with Crippen molar-refractivity contribution in [2.45, 2.75) is 37.1 Å². The molecule has 1 amide bonds. The second kappa shape index (κ2) is 3.86. The first kappa shape index (κ1) is 11.5. The molecule has 3 N–H and O–H groups in total. The highest BCUT2D eigenvalue weighted by molar-refractivity contribution is 7.92. The van der Waals surface area contributed by atoms with Crippen LogP contribution in [0.3, 0.4) is 0 Å². The Hall–Kier alpha value is -0.620. The monoisotopic (exact) mass is 220 g/mol. The molecule has 1 saturated carbocycles. The number of hydrogen-bond acceptors (Lipinski definition) is 4. The van der Waals surface area contributed by atoms with Gasteiger partial charge in [-0.3, -0.25) is 4.79 Å². The molecule has 0 heterocycles. The number of amides is 1. The molecule has 1 rings (SSSR count). The minimum absolute atomic E-state index is 0.0571. The van der Waals surface area contributed by atoms with Crippen molar-refractivity contribution in [3.05, 3.63) is 0 Å². The Labute approximate surface area is 84.0 Å². The van der Waals surface area contributed by atoms with Gasteiger partial charge in [0, 0.05) is 18.3 Å². The standard InChI is InChI=1S/C8H16N2O3S/c1-5(14(2,12)13)8(11)10-7-3-6(9)4-7/h5-7H,3-4,9H2,1-2H3,(H,10,11). The number of nitrogens with one attached hydrogen (secondary N) is 1. The smallest absolute Gasteiger partial charge is 0.238 e. The zero-order valence-corrected chi connectivity index (χ0v) is 9.17. The SMILES string of the molecule is CC(C(=O)NC1CC(N)C1)S(C)(=O)=O. The zero-order chi connectivity index (χ0) is 10.9. The van der Waals surface area contributed by atoms with Crippen LogP contribution in [0.5, 0.6) is 0 Å². The van der Waals surface area contributed by atoms with E-state index in [0.29, 0.717) is 0 Å².